The fraction of sp³-hybridized carbons (Fsp3) is 0.368. The highest BCUT2D eigenvalue weighted by atomic mass is 16.5. The van der Waals surface area contributed by atoms with Crippen LogP contribution in [0.4, 0.5) is 17.2 Å². The number of ether oxygens (including phenoxy) is 1. The molecule has 1 amide bonds. The number of carbonyl (C=O) groups excluding carboxylic acids is 1. The molecule has 0 aliphatic carbocycles. The molecule has 0 bridgehead atoms. The molecule has 0 spiro atoms. The first-order chi connectivity index (χ1) is 12.1. The highest BCUT2D eigenvalue weighted by Gasteiger charge is 2.28. The van der Waals surface area contributed by atoms with Crippen molar-refractivity contribution >= 4 is 29.3 Å². The van der Waals surface area contributed by atoms with Gasteiger partial charge in [-0.2, -0.15) is 4.58 Å². The number of nitrogens with zero attached hydrogens (tertiary/aromatic N) is 4. The van der Waals surface area contributed by atoms with Crippen molar-refractivity contribution in [2.45, 2.75) is 39.2 Å². The van der Waals surface area contributed by atoms with E-state index in [2.05, 4.69) is 20.8 Å². The van der Waals surface area contributed by atoms with E-state index in [1.165, 1.54) is 0 Å². The summed E-state index contributed by atoms with van der Waals surface area (Å²) in [6.45, 7) is 4.72. The zero-order valence-electron chi connectivity index (χ0n) is 14.5. The van der Waals surface area contributed by atoms with Crippen LogP contribution in [-0.2, 0) is 11.2 Å². The van der Waals surface area contributed by atoms with Gasteiger partial charge in [-0.25, -0.2) is 9.97 Å². The van der Waals surface area contributed by atoms with Crippen LogP contribution in [0.2, 0.25) is 0 Å². The number of hydrogen-bond acceptors (Lipinski definition) is 4. The molecule has 2 aliphatic heterocycles. The molecule has 25 heavy (non-hydrogen) atoms. The fourth-order valence-electron chi connectivity index (χ4n) is 3.27. The van der Waals surface area contributed by atoms with Gasteiger partial charge in [0.05, 0.1) is 30.2 Å². The van der Waals surface area contributed by atoms with Crippen molar-refractivity contribution in [3.8, 4) is 5.88 Å². The summed E-state index contributed by atoms with van der Waals surface area (Å²) in [5.74, 6) is 1.49. The topological polar surface area (TPSA) is 58.3 Å². The molecular formula is C19H21N4O2+. The van der Waals surface area contributed by atoms with Gasteiger partial charge in [-0.15, -0.1) is 0 Å². The summed E-state index contributed by atoms with van der Waals surface area (Å²) in [4.78, 5) is 22.5. The van der Waals surface area contributed by atoms with E-state index in [1.54, 1.807) is 11.1 Å². The van der Waals surface area contributed by atoms with Gasteiger partial charge in [0.25, 0.3) is 0 Å². The highest BCUT2D eigenvalue weighted by molar-refractivity contribution is 5.95. The molecule has 4 rings (SSSR count). The van der Waals surface area contributed by atoms with Crippen LogP contribution in [-0.4, -0.2) is 34.7 Å². The predicted octanol–water partition coefficient (Wildman–Crippen LogP) is 2.85. The zero-order valence-corrected chi connectivity index (χ0v) is 14.5. The van der Waals surface area contributed by atoms with Gasteiger partial charge in [0.2, 0.25) is 23.2 Å². The third-order valence-corrected chi connectivity index (χ3v) is 4.40. The van der Waals surface area contributed by atoms with Crippen molar-refractivity contribution in [1.29, 1.82) is 0 Å². The normalized spacial score (nSPS) is 16.4. The molecule has 0 aromatic carbocycles. The van der Waals surface area contributed by atoms with E-state index < -0.39 is 0 Å². The minimum absolute atomic E-state index is 0.0816. The van der Waals surface area contributed by atoms with Crippen LogP contribution in [0.1, 0.15) is 32.3 Å². The maximum Gasteiger partial charge on any atom is 0.228 e. The second kappa shape index (κ2) is 6.27. The van der Waals surface area contributed by atoms with Crippen molar-refractivity contribution in [2.75, 3.05) is 11.4 Å². The van der Waals surface area contributed by atoms with Gasteiger partial charge < -0.3 is 4.74 Å². The minimum atomic E-state index is 0.0816. The van der Waals surface area contributed by atoms with Crippen LogP contribution in [0, 0.1) is 0 Å². The lowest BCUT2D eigenvalue weighted by Crippen LogP contribution is -2.24. The molecule has 6 heteroatoms. The monoisotopic (exact) mass is 337 g/mol. The van der Waals surface area contributed by atoms with E-state index in [9.17, 15) is 4.79 Å². The molecular weight excluding hydrogens is 316 g/mol. The van der Waals surface area contributed by atoms with Gasteiger partial charge in [-0.1, -0.05) is 0 Å². The molecule has 0 radical (unpaired) electrons. The number of hydrogen-bond donors (Lipinski definition) is 0. The smallest absolute Gasteiger partial charge is 0.228 e. The molecule has 2 aliphatic rings. The minimum Gasteiger partial charge on any atom is -0.475 e. The van der Waals surface area contributed by atoms with Crippen LogP contribution in [0.15, 0.2) is 30.6 Å². The number of aromatic nitrogens is 2. The van der Waals surface area contributed by atoms with Crippen molar-refractivity contribution in [3.63, 3.8) is 0 Å². The van der Waals surface area contributed by atoms with Gasteiger partial charge in [0, 0.05) is 31.4 Å². The van der Waals surface area contributed by atoms with Gasteiger partial charge >= 0.3 is 0 Å². The second-order valence-corrected chi connectivity index (χ2v) is 6.60. The largest absolute Gasteiger partial charge is 0.475 e. The number of pyridine rings is 2. The number of carbonyl (C=O) groups is 1. The maximum atomic E-state index is 12.0. The van der Waals surface area contributed by atoms with Crippen LogP contribution < -0.4 is 14.2 Å². The summed E-state index contributed by atoms with van der Waals surface area (Å²) in [5.41, 5.74) is 3.22. The molecule has 1 fully saturated rings. The molecule has 4 heterocycles. The van der Waals surface area contributed by atoms with Gasteiger partial charge in [0.15, 0.2) is 6.21 Å². The first-order valence-electron chi connectivity index (χ1n) is 8.66. The average Bonchev–Trinajstić information content (AvgIpc) is 3.20. The Bertz CT molecular complexity index is 860. The Labute approximate surface area is 146 Å². The molecule has 128 valence electrons. The number of anilines is 1. The average molecular weight is 337 g/mol. The molecule has 2 aromatic heterocycles. The molecule has 1 saturated heterocycles. The maximum absolute atomic E-state index is 12.0. The first kappa shape index (κ1) is 15.7. The summed E-state index contributed by atoms with van der Waals surface area (Å²) in [5, 5.41) is 0. The SMILES string of the molecule is CC(C)Oc1cc2c(cn1)CC=[N+]2c1ccnc(N2CCCC2=O)c1. The Morgan fingerprint density at radius 1 is 1.28 bits per heavy atom. The molecule has 0 N–H and O–H groups in total. The summed E-state index contributed by atoms with van der Waals surface area (Å²) in [7, 11) is 0. The Hall–Kier alpha value is -2.76. The van der Waals surface area contributed by atoms with Crippen molar-refractivity contribution in [3.05, 3.63) is 36.2 Å². The summed E-state index contributed by atoms with van der Waals surface area (Å²) < 4.78 is 7.85. The van der Waals surface area contributed by atoms with Crippen LogP contribution in [0.3, 0.4) is 0 Å². The first-order valence-corrected chi connectivity index (χ1v) is 8.66. The lowest BCUT2D eigenvalue weighted by atomic mass is 10.2. The van der Waals surface area contributed by atoms with Crippen LogP contribution in [0.25, 0.3) is 0 Å². The zero-order chi connectivity index (χ0) is 17.4. The summed E-state index contributed by atoms with van der Waals surface area (Å²) >= 11 is 0. The van der Waals surface area contributed by atoms with Crippen molar-refractivity contribution in [1.82, 2.24) is 14.5 Å². The predicted molar refractivity (Wildman–Crippen MR) is 97.0 cm³/mol. The van der Waals surface area contributed by atoms with Crippen LogP contribution in [0.5, 0.6) is 5.88 Å². The Balaban J connectivity index is 1.67. The van der Waals surface area contributed by atoms with E-state index >= 15 is 0 Å². The Kier molecular flexibility index (Phi) is 3.95. The fourth-order valence-corrected chi connectivity index (χ4v) is 3.27. The third kappa shape index (κ3) is 2.99. The molecule has 2 aromatic rings. The lowest BCUT2D eigenvalue weighted by molar-refractivity contribution is -0.117. The summed E-state index contributed by atoms with van der Waals surface area (Å²) in [6, 6.07) is 5.90. The Morgan fingerprint density at radius 2 is 2.16 bits per heavy atom. The van der Waals surface area contributed by atoms with Gasteiger partial charge in [0.1, 0.15) is 5.82 Å². The van der Waals surface area contributed by atoms with Crippen molar-refractivity contribution in [2.24, 2.45) is 0 Å². The number of rotatable bonds is 4. The van der Waals surface area contributed by atoms with E-state index in [-0.39, 0.29) is 12.0 Å². The quantitative estimate of drug-likeness (QED) is 0.805. The second-order valence-electron chi connectivity index (χ2n) is 6.60. The van der Waals surface area contributed by atoms with E-state index in [1.807, 2.05) is 38.2 Å². The lowest BCUT2D eigenvalue weighted by Gasteiger charge is -2.14. The van der Waals surface area contributed by atoms with E-state index in [4.69, 9.17) is 4.74 Å². The van der Waals surface area contributed by atoms with E-state index in [0.717, 1.165) is 42.1 Å². The number of amides is 1. The molecule has 0 atom stereocenters. The highest BCUT2D eigenvalue weighted by Crippen LogP contribution is 2.32. The van der Waals surface area contributed by atoms with Crippen molar-refractivity contribution < 1.29 is 9.53 Å². The third-order valence-electron chi connectivity index (χ3n) is 4.40. The van der Waals surface area contributed by atoms with E-state index in [0.29, 0.717) is 12.3 Å². The molecule has 6 nitrogen and oxygen atoms in total. The molecule has 0 saturated carbocycles. The van der Waals surface area contributed by atoms with Crippen LogP contribution >= 0.6 is 0 Å². The standard InChI is InChI=1S/C19H21N4O2/c1-13(2)25-18-11-16-14(12-21-18)6-9-22(16)15-5-7-20-17(10-15)23-8-3-4-19(23)24/h5,7,9-13H,3-4,6,8H2,1-2H3/q+1. The molecule has 0 unspecified atom stereocenters. The number of fused-ring (bicyclic) bond motifs is 1. The van der Waals surface area contributed by atoms with Gasteiger partial charge in [-0.05, 0) is 20.3 Å². The summed E-state index contributed by atoms with van der Waals surface area (Å²) in [6.07, 6.45) is 8.15. The van der Waals surface area contributed by atoms with Gasteiger partial charge in [-0.3, -0.25) is 9.69 Å². The Morgan fingerprint density at radius 3 is 2.92 bits per heavy atom.